The summed E-state index contributed by atoms with van der Waals surface area (Å²) in [4.78, 5) is 14.0. The van der Waals surface area contributed by atoms with Crippen molar-refractivity contribution in [2.75, 3.05) is 36.5 Å². The van der Waals surface area contributed by atoms with Crippen LogP contribution >= 0.6 is 0 Å². The van der Waals surface area contributed by atoms with Crippen molar-refractivity contribution in [1.29, 1.82) is 0 Å². The third-order valence-electron chi connectivity index (χ3n) is 4.54. The van der Waals surface area contributed by atoms with Gasteiger partial charge in [-0.2, -0.15) is 0 Å². The molecule has 2 N–H and O–H groups in total. The van der Waals surface area contributed by atoms with Gasteiger partial charge in [0.1, 0.15) is 18.2 Å². The van der Waals surface area contributed by atoms with E-state index in [1.54, 1.807) is 18.4 Å². The van der Waals surface area contributed by atoms with Gasteiger partial charge in [-0.3, -0.25) is 0 Å². The highest BCUT2D eigenvalue weighted by atomic mass is 19.1. The third-order valence-corrected chi connectivity index (χ3v) is 4.54. The van der Waals surface area contributed by atoms with Crippen LogP contribution in [0.3, 0.4) is 0 Å². The van der Waals surface area contributed by atoms with Crippen molar-refractivity contribution in [2.24, 2.45) is 0 Å². The van der Waals surface area contributed by atoms with E-state index in [-0.39, 0.29) is 24.1 Å². The number of nitrogens with zero attached hydrogens (tertiary/aromatic N) is 1. The summed E-state index contributed by atoms with van der Waals surface area (Å²) in [5.74, 6) is 0.401. The van der Waals surface area contributed by atoms with E-state index < -0.39 is 0 Å². The molecule has 29 heavy (non-hydrogen) atoms. The van der Waals surface area contributed by atoms with Gasteiger partial charge in [0.05, 0.1) is 24.2 Å². The predicted octanol–water partition coefficient (Wildman–Crippen LogP) is 3.76. The number of rotatable bonds is 8. The van der Waals surface area contributed by atoms with Gasteiger partial charge in [-0.1, -0.05) is 0 Å². The Morgan fingerprint density at radius 3 is 2.76 bits per heavy atom. The zero-order valence-corrected chi connectivity index (χ0v) is 16.8. The van der Waals surface area contributed by atoms with E-state index in [1.165, 1.54) is 6.07 Å². The van der Waals surface area contributed by atoms with Gasteiger partial charge in [0.15, 0.2) is 0 Å². The van der Waals surface area contributed by atoms with Crippen LogP contribution in [0.25, 0.3) is 0 Å². The Morgan fingerprint density at radius 1 is 1.28 bits per heavy atom. The van der Waals surface area contributed by atoms with Gasteiger partial charge in [0.2, 0.25) is 0 Å². The summed E-state index contributed by atoms with van der Waals surface area (Å²) in [6.45, 7) is 6.58. The van der Waals surface area contributed by atoms with Crippen LogP contribution in [-0.2, 0) is 16.1 Å². The smallest absolute Gasteiger partial charge is 0.319 e. The Labute approximate surface area is 170 Å². The number of hydrogen-bond donors (Lipinski definition) is 2. The predicted molar refractivity (Wildman–Crippen MR) is 109 cm³/mol. The third kappa shape index (κ3) is 6.47. The highest BCUT2D eigenvalue weighted by Gasteiger charge is 2.24. The number of benzene rings is 1. The molecule has 0 saturated carbocycles. The molecule has 2 atom stereocenters. The Bertz CT molecular complexity index is 774. The minimum Gasteiger partial charge on any atom is -0.467 e. The zero-order valence-electron chi connectivity index (χ0n) is 16.8. The van der Waals surface area contributed by atoms with Gasteiger partial charge in [-0.05, 0) is 50.6 Å². The summed E-state index contributed by atoms with van der Waals surface area (Å²) in [6, 6.07) is 8.01. The fraction of sp³-hybridized carbons (Fsp3) is 0.476. The molecule has 7 nitrogen and oxygen atoms in total. The van der Waals surface area contributed by atoms with Gasteiger partial charge in [0, 0.05) is 31.9 Å². The number of carbonyl (C=O) groups excluding carboxylic acids is 1. The van der Waals surface area contributed by atoms with E-state index in [0.717, 1.165) is 5.76 Å². The van der Waals surface area contributed by atoms with Crippen LogP contribution in [0.1, 0.15) is 26.0 Å². The molecule has 2 unspecified atom stereocenters. The van der Waals surface area contributed by atoms with Gasteiger partial charge < -0.3 is 29.4 Å². The second-order valence-corrected chi connectivity index (χ2v) is 7.19. The quantitative estimate of drug-likeness (QED) is 0.654. The molecule has 158 valence electrons. The summed E-state index contributed by atoms with van der Waals surface area (Å²) in [5, 5.41) is 5.39. The van der Waals surface area contributed by atoms with E-state index >= 15 is 0 Å². The van der Waals surface area contributed by atoms with Crippen LogP contribution in [0.15, 0.2) is 41.0 Å². The summed E-state index contributed by atoms with van der Waals surface area (Å²) in [5.41, 5.74) is 0.929. The fourth-order valence-electron chi connectivity index (χ4n) is 3.33. The van der Waals surface area contributed by atoms with E-state index in [4.69, 9.17) is 13.9 Å². The fourth-order valence-corrected chi connectivity index (χ4v) is 3.33. The molecule has 3 rings (SSSR count). The Hall–Kier alpha value is -2.58. The maximum Gasteiger partial charge on any atom is 0.319 e. The van der Waals surface area contributed by atoms with E-state index in [0.29, 0.717) is 50.6 Å². The van der Waals surface area contributed by atoms with Crippen LogP contribution in [0, 0.1) is 5.82 Å². The SMILES string of the molecule is CC1CN(c2ccc(NC(=O)NCCCOCc3ccco3)cc2F)CC(C)O1. The number of carbonyl (C=O) groups is 1. The molecule has 1 aromatic carbocycles. The average Bonchev–Trinajstić information content (AvgIpc) is 3.17. The van der Waals surface area contributed by atoms with Crippen LogP contribution < -0.4 is 15.5 Å². The minimum absolute atomic E-state index is 0.0461. The Balaban J connectivity index is 1.39. The first-order valence-corrected chi connectivity index (χ1v) is 9.86. The highest BCUT2D eigenvalue weighted by Crippen LogP contribution is 2.26. The van der Waals surface area contributed by atoms with E-state index in [9.17, 15) is 9.18 Å². The lowest BCUT2D eigenvalue weighted by Crippen LogP contribution is -2.45. The molecule has 0 aliphatic carbocycles. The van der Waals surface area contributed by atoms with Gasteiger partial charge in [-0.15, -0.1) is 0 Å². The monoisotopic (exact) mass is 405 g/mol. The van der Waals surface area contributed by atoms with Crippen LogP contribution in [0.2, 0.25) is 0 Å². The number of hydrogen-bond acceptors (Lipinski definition) is 5. The summed E-state index contributed by atoms with van der Waals surface area (Å²) < 4.78 is 30.9. The molecular formula is C21H28FN3O4. The normalized spacial score (nSPS) is 19.2. The molecular weight excluding hydrogens is 377 g/mol. The first-order valence-electron chi connectivity index (χ1n) is 9.86. The largest absolute Gasteiger partial charge is 0.467 e. The lowest BCUT2D eigenvalue weighted by Gasteiger charge is -2.37. The highest BCUT2D eigenvalue weighted by molar-refractivity contribution is 5.89. The number of morpholine rings is 1. The van der Waals surface area contributed by atoms with Crippen molar-refractivity contribution < 1.29 is 23.1 Å². The number of anilines is 2. The van der Waals surface area contributed by atoms with E-state index in [2.05, 4.69) is 10.6 Å². The zero-order chi connectivity index (χ0) is 20.6. The first kappa shape index (κ1) is 21.1. The summed E-state index contributed by atoms with van der Waals surface area (Å²) in [7, 11) is 0. The van der Waals surface area contributed by atoms with Crippen molar-refractivity contribution in [1.82, 2.24) is 5.32 Å². The lowest BCUT2D eigenvalue weighted by atomic mass is 10.2. The number of nitrogens with one attached hydrogen (secondary N) is 2. The summed E-state index contributed by atoms with van der Waals surface area (Å²) in [6.07, 6.45) is 2.35. The van der Waals surface area contributed by atoms with Crippen molar-refractivity contribution in [2.45, 2.75) is 39.1 Å². The van der Waals surface area contributed by atoms with Gasteiger partial charge >= 0.3 is 6.03 Å². The molecule has 1 fully saturated rings. The maximum atomic E-state index is 14.6. The molecule has 1 aliphatic heterocycles. The van der Waals surface area contributed by atoms with Crippen LogP contribution in [0.5, 0.6) is 0 Å². The average molecular weight is 405 g/mol. The standard InChI is InChI=1S/C21H28FN3O4/c1-15-12-25(13-16(2)29-15)20-7-6-17(11-19(20)22)24-21(26)23-8-4-9-27-14-18-5-3-10-28-18/h3,5-7,10-11,15-16H,4,8-9,12-14H2,1-2H3,(H2,23,24,26). The molecule has 0 radical (unpaired) electrons. The molecule has 2 aromatic rings. The molecule has 0 spiro atoms. The lowest BCUT2D eigenvalue weighted by molar-refractivity contribution is -0.00539. The number of halogens is 1. The molecule has 0 bridgehead atoms. The number of ether oxygens (including phenoxy) is 2. The van der Waals surface area contributed by atoms with Crippen molar-refractivity contribution in [3.05, 3.63) is 48.2 Å². The van der Waals surface area contributed by atoms with Crippen molar-refractivity contribution >= 4 is 17.4 Å². The van der Waals surface area contributed by atoms with Crippen molar-refractivity contribution in [3.63, 3.8) is 0 Å². The first-order chi connectivity index (χ1) is 14.0. The molecule has 1 aromatic heterocycles. The Morgan fingerprint density at radius 2 is 2.07 bits per heavy atom. The number of urea groups is 1. The van der Waals surface area contributed by atoms with Crippen LogP contribution in [0.4, 0.5) is 20.6 Å². The van der Waals surface area contributed by atoms with E-state index in [1.807, 2.05) is 30.9 Å². The molecule has 2 heterocycles. The minimum atomic E-state index is -0.378. The second kappa shape index (κ2) is 10.3. The topological polar surface area (TPSA) is 76.0 Å². The summed E-state index contributed by atoms with van der Waals surface area (Å²) >= 11 is 0. The van der Waals surface area contributed by atoms with Gasteiger partial charge in [-0.25, -0.2) is 9.18 Å². The van der Waals surface area contributed by atoms with Crippen molar-refractivity contribution in [3.8, 4) is 0 Å². The maximum absolute atomic E-state index is 14.6. The van der Waals surface area contributed by atoms with Gasteiger partial charge in [0.25, 0.3) is 0 Å². The second-order valence-electron chi connectivity index (χ2n) is 7.19. The van der Waals surface area contributed by atoms with Crippen LogP contribution in [-0.4, -0.2) is 44.5 Å². The Kier molecular flexibility index (Phi) is 7.48. The number of amides is 2. The molecule has 1 saturated heterocycles. The number of furan rings is 1. The molecule has 8 heteroatoms. The molecule has 1 aliphatic rings. The molecule has 2 amide bonds.